The molecule has 0 radical (unpaired) electrons. The summed E-state index contributed by atoms with van der Waals surface area (Å²) in [4.78, 5) is 10.3. The van der Waals surface area contributed by atoms with Gasteiger partial charge in [-0.15, -0.1) is 0 Å². The Kier molecular flexibility index (Phi) is 5.47. The van der Waals surface area contributed by atoms with Crippen LogP contribution in [-0.4, -0.2) is 11.5 Å². The average molecular weight is 349 g/mol. The first-order chi connectivity index (χ1) is 10.1. The first-order valence-corrected chi connectivity index (χ1v) is 7.55. The van der Waals surface area contributed by atoms with Gasteiger partial charge < -0.3 is 5.32 Å². The summed E-state index contributed by atoms with van der Waals surface area (Å²) in [5, 5.41) is 14.1. The lowest BCUT2D eigenvalue weighted by Crippen LogP contribution is -2.19. The summed E-state index contributed by atoms with van der Waals surface area (Å²) in [7, 11) is 0. The fraction of sp³-hybridized carbons (Fsp3) is 0.250. The van der Waals surface area contributed by atoms with E-state index in [1.165, 1.54) is 17.7 Å². The van der Waals surface area contributed by atoms with Crippen LogP contribution in [0.4, 0.5) is 5.69 Å². The van der Waals surface area contributed by atoms with Gasteiger partial charge in [0.25, 0.3) is 5.69 Å². The van der Waals surface area contributed by atoms with Gasteiger partial charge in [-0.05, 0) is 23.1 Å². The summed E-state index contributed by atoms with van der Waals surface area (Å²) in [6.45, 7) is 3.70. The van der Waals surface area contributed by atoms with Crippen LogP contribution in [-0.2, 0) is 6.54 Å². The maximum Gasteiger partial charge on any atom is 0.270 e. The number of hydrogen-bond donors (Lipinski definition) is 1. The van der Waals surface area contributed by atoms with Gasteiger partial charge in [0.1, 0.15) is 0 Å². The summed E-state index contributed by atoms with van der Waals surface area (Å²) in [6, 6.07) is 15.2. The van der Waals surface area contributed by atoms with Crippen molar-refractivity contribution < 1.29 is 4.92 Å². The first kappa shape index (κ1) is 15.7. The number of halogens is 1. The minimum atomic E-state index is -0.389. The third-order valence-corrected chi connectivity index (χ3v) is 4.12. The molecule has 0 fully saturated rings. The molecule has 21 heavy (non-hydrogen) atoms. The minimum Gasteiger partial charge on any atom is -0.312 e. The lowest BCUT2D eigenvalue weighted by atomic mass is 10.0. The van der Waals surface area contributed by atoms with Crippen LogP contribution in [0.1, 0.15) is 24.0 Å². The number of hydrogen-bond acceptors (Lipinski definition) is 3. The summed E-state index contributed by atoms with van der Waals surface area (Å²) in [5.74, 6) is 0.419. The molecular weight excluding hydrogens is 332 g/mol. The van der Waals surface area contributed by atoms with Crippen LogP contribution in [0, 0.1) is 10.1 Å². The SMILES string of the molecule is CC(CNCc1ccc([N+](=O)[O-])cc1Br)c1ccccc1. The number of rotatable bonds is 6. The van der Waals surface area contributed by atoms with Crippen molar-refractivity contribution in [2.45, 2.75) is 19.4 Å². The molecule has 110 valence electrons. The monoisotopic (exact) mass is 348 g/mol. The first-order valence-electron chi connectivity index (χ1n) is 6.76. The van der Waals surface area contributed by atoms with E-state index < -0.39 is 0 Å². The van der Waals surface area contributed by atoms with Crippen LogP contribution in [0.25, 0.3) is 0 Å². The molecule has 0 aliphatic heterocycles. The number of benzene rings is 2. The standard InChI is InChI=1S/C16H17BrN2O2/c1-12(13-5-3-2-4-6-13)10-18-11-14-7-8-15(19(20)21)9-16(14)17/h2-9,12,18H,10-11H2,1H3. The van der Waals surface area contributed by atoms with Gasteiger partial charge >= 0.3 is 0 Å². The normalized spacial score (nSPS) is 12.1. The van der Waals surface area contributed by atoms with Gasteiger partial charge in [-0.3, -0.25) is 10.1 Å². The molecule has 5 heteroatoms. The van der Waals surface area contributed by atoms with Crippen molar-refractivity contribution in [3.8, 4) is 0 Å². The topological polar surface area (TPSA) is 55.2 Å². The summed E-state index contributed by atoms with van der Waals surface area (Å²) in [6.07, 6.45) is 0. The predicted molar refractivity (Wildman–Crippen MR) is 87.4 cm³/mol. The van der Waals surface area contributed by atoms with Gasteiger partial charge in [-0.1, -0.05) is 53.2 Å². The van der Waals surface area contributed by atoms with Crippen molar-refractivity contribution in [3.05, 3.63) is 74.2 Å². The quantitative estimate of drug-likeness (QED) is 0.627. The van der Waals surface area contributed by atoms with Crippen LogP contribution in [0.5, 0.6) is 0 Å². The van der Waals surface area contributed by atoms with E-state index in [4.69, 9.17) is 0 Å². The fourth-order valence-corrected chi connectivity index (χ4v) is 2.62. The van der Waals surface area contributed by atoms with Gasteiger partial charge in [0.05, 0.1) is 4.92 Å². The lowest BCUT2D eigenvalue weighted by molar-refractivity contribution is -0.384. The Bertz CT molecular complexity index is 617. The fourth-order valence-electron chi connectivity index (χ4n) is 2.12. The molecule has 1 atom stereocenters. The van der Waals surface area contributed by atoms with E-state index >= 15 is 0 Å². The highest BCUT2D eigenvalue weighted by molar-refractivity contribution is 9.10. The van der Waals surface area contributed by atoms with Crippen molar-refractivity contribution in [2.24, 2.45) is 0 Å². The highest BCUT2D eigenvalue weighted by atomic mass is 79.9. The number of nitrogens with one attached hydrogen (secondary N) is 1. The van der Waals surface area contributed by atoms with E-state index in [1.807, 2.05) is 18.2 Å². The maximum absolute atomic E-state index is 10.7. The second-order valence-corrected chi connectivity index (χ2v) is 5.83. The van der Waals surface area contributed by atoms with Gasteiger partial charge in [-0.2, -0.15) is 0 Å². The molecule has 1 N–H and O–H groups in total. The lowest BCUT2D eigenvalue weighted by Gasteiger charge is -2.13. The molecule has 0 heterocycles. The Morgan fingerprint density at radius 2 is 1.95 bits per heavy atom. The molecule has 0 spiro atoms. The maximum atomic E-state index is 10.7. The Balaban J connectivity index is 1.90. The molecule has 0 aliphatic carbocycles. The van der Waals surface area contributed by atoms with Gasteiger partial charge in [0.15, 0.2) is 0 Å². The Morgan fingerprint density at radius 1 is 1.24 bits per heavy atom. The molecule has 0 bridgehead atoms. The third-order valence-electron chi connectivity index (χ3n) is 3.38. The molecule has 0 saturated heterocycles. The van der Waals surface area contributed by atoms with E-state index in [0.717, 1.165) is 16.6 Å². The summed E-state index contributed by atoms with van der Waals surface area (Å²) < 4.78 is 0.761. The molecule has 4 nitrogen and oxygen atoms in total. The number of non-ortho nitro benzene ring substituents is 1. The third kappa shape index (κ3) is 4.37. The van der Waals surface area contributed by atoms with Crippen LogP contribution < -0.4 is 5.32 Å². The zero-order valence-electron chi connectivity index (χ0n) is 11.8. The van der Waals surface area contributed by atoms with Gasteiger partial charge in [0, 0.05) is 29.7 Å². The van der Waals surface area contributed by atoms with Crippen molar-refractivity contribution in [2.75, 3.05) is 6.54 Å². The van der Waals surface area contributed by atoms with Crippen LogP contribution >= 0.6 is 15.9 Å². The number of nitro groups is 1. The Labute approximate surface area is 132 Å². The second-order valence-electron chi connectivity index (χ2n) is 4.98. The largest absolute Gasteiger partial charge is 0.312 e. The summed E-state index contributed by atoms with van der Waals surface area (Å²) in [5.41, 5.74) is 2.41. The summed E-state index contributed by atoms with van der Waals surface area (Å²) >= 11 is 3.38. The van der Waals surface area contributed by atoms with Crippen molar-refractivity contribution in [1.29, 1.82) is 0 Å². The molecule has 0 amide bonds. The molecule has 0 aromatic heterocycles. The van der Waals surface area contributed by atoms with E-state index in [2.05, 4.69) is 40.3 Å². The molecule has 1 unspecified atom stereocenters. The molecule has 0 saturated carbocycles. The Hall–Kier alpha value is -1.72. The molecule has 2 aromatic rings. The molecule has 2 rings (SSSR count). The Morgan fingerprint density at radius 3 is 2.57 bits per heavy atom. The second kappa shape index (κ2) is 7.33. The highest BCUT2D eigenvalue weighted by Crippen LogP contribution is 2.23. The van der Waals surface area contributed by atoms with Gasteiger partial charge in [0.2, 0.25) is 0 Å². The number of nitrogens with zero attached hydrogens (tertiary/aromatic N) is 1. The average Bonchev–Trinajstić information content (AvgIpc) is 2.49. The van der Waals surface area contributed by atoms with Crippen LogP contribution in [0.2, 0.25) is 0 Å². The zero-order valence-corrected chi connectivity index (χ0v) is 13.3. The number of nitro benzene ring substituents is 1. The van der Waals surface area contributed by atoms with Crippen molar-refractivity contribution >= 4 is 21.6 Å². The molecule has 2 aromatic carbocycles. The molecule has 0 aliphatic rings. The van der Waals surface area contributed by atoms with Crippen molar-refractivity contribution in [3.63, 3.8) is 0 Å². The zero-order chi connectivity index (χ0) is 15.2. The van der Waals surface area contributed by atoms with E-state index in [9.17, 15) is 10.1 Å². The van der Waals surface area contributed by atoms with E-state index in [1.54, 1.807) is 6.07 Å². The van der Waals surface area contributed by atoms with E-state index in [-0.39, 0.29) is 10.6 Å². The smallest absolute Gasteiger partial charge is 0.270 e. The predicted octanol–water partition coefficient (Wildman–Crippen LogP) is 4.25. The van der Waals surface area contributed by atoms with Gasteiger partial charge in [-0.25, -0.2) is 0 Å². The minimum absolute atomic E-state index is 0.100. The highest BCUT2D eigenvalue weighted by Gasteiger charge is 2.09. The van der Waals surface area contributed by atoms with Crippen LogP contribution in [0.15, 0.2) is 53.0 Å². The van der Waals surface area contributed by atoms with Crippen LogP contribution in [0.3, 0.4) is 0 Å². The van der Waals surface area contributed by atoms with Crippen molar-refractivity contribution in [1.82, 2.24) is 5.32 Å². The molecular formula is C16H17BrN2O2. The van der Waals surface area contributed by atoms with E-state index in [0.29, 0.717) is 12.5 Å².